The average Bonchev–Trinajstić information content (AvgIpc) is 3.85. The molecule has 78 heavy (non-hydrogen) atoms. The molecule has 3 saturated heterocycles. The number of rotatable bonds is 15. The molecule has 0 amide bonds. The van der Waals surface area contributed by atoms with Gasteiger partial charge in [0.05, 0.1) is 58.1 Å². The molecule has 3 aliphatic rings. The van der Waals surface area contributed by atoms with Crippen LogP contribution in [0.3, 0.4) is 0 Å². The largest absolute Gasteiger partial charge is 0.459 e. The minimum atomic E-state index is -4.62. The third-order valence-corrected chi connectivity index (χ3v) is 18.4. The van der Waals surface area contributed by atoms with Crippen molar-refractivity contribution in [3.63, 3.8) is 0 Å². The number of aliphatic hydroxyl groups is 4. The molecule has 2 aromatic carbocycles. The van der Waals surface area contributed by atoms with Gasteiger partial charge < -0.3 is 58.2 Å². The first-order valence-electron chi connectivity index (χ1n) is 26.9. The van der Waals surface area contributed by atoms with Crippen LogP contribution in [-0.4, -0.2) is 162 Å². The zero-order chi connectivity index (χ0) is 58.2. The molecule has 5 N–H and O–H groups in total. The summed E-state index contributed by atoms with van der Waals surface area (Å²) in [5, 5.41) is 48.0. The van der Waals surface area contributed by atoms with Crippen molar-refractivity contribution in [1.82, 2.24) is 14.2 Å². The number of hydrogen-bond donors (Lipinski definition) is 5. The van der Waals surface area contributed by atoms with Crippen LogP contribution >= 0.6 is 0 Å². The highest BCUT2D eigenvalue weighted by Gasteiger charge is 2.54. The van der Waals surface area contributed by atoms with Crippen LogP contribution in [0.5, 0.6) is 0 Å². The number of carbonyl (C=O) groups excluding carboxylic acids is 2. The van der Waals surface area contributed by atoms with Crippen molar-refractivity contribution in [2.75, 3.05) is 27.8 Å². The van der Waals surface area contributed by atoms with Crippen molar-refractivity contribution >= 4 is 32.7 Å². The predicted octanol–water partition coefficient (Wildman–Crippen LogP) is 6.52. The molecule has 4 heterocycles. The van der Waals surface area contributed by atoms with Crippen molar-refractivity contribution < 1.29 is 84.8 Å². The fourth-order valence-corrected chi connectivity index (χ4v) is 13.0. The summed E-state index contributed by atoms with van der Waals surface area (Å²) >= 11 is 0. The van der Waals surface area contributed by atoms with Gasteiger partial charge in [-0.25, -0.2) is 13.1 Å². The molecule has 0 bridgehead atoms. The van der Waals surface area contributed by atoms with Gasteiger partial charge in [0.15, 0.2) is 12.6 Å². The highest BCUT2D eigenvalue weighted by molar-refractivity contribution is 7.89. The lowest BCUT2D eigenvalue weighted by Gasteiger charge is -2.50. The Hall–Kier alpha value is -3.62. The molecule has 18 nitrogen and oxygen atoms in total. The fourth-order valence-electron chi connectivity index (χ4n) is 11.9. The smallest absolute Gasteiger partial charge is 0.416 e. The number of nitrogens with zero attached hydrogens (tertiary/aromatic N) is 2. The molecule has 3 aliphatic heterocycles. The minimum absolute atomic E-state index is 0.00485. The maximum absolute atomic E-state index is 14.5. The molecule has 1 aromatic heterocycles. The van der Waals surface area contributed by atoms with Gasteiger partial charge in [0.1, 0.15) is 29.7 Å². The number of hydrogen-bond acceptors (Lipinski definition) is 16. The van der Waals surface area contributed by atoms with Gasteiger partial charge in [0.25, 0.3) is 0 Å². The molecule has 440 valence electrons. The summed E-state index contributed by atoms with van der Waals surface area (Å²) in [6, 6.07) is 9.81. The van der Waals surface area contributed by atoms with E-state index in [1.165, 1.54) is 28.1 Å². The Labute approximate surface area is 457 Å². The van der Waals surface area contributed by atoms with Gasteiger partial charge in [-0.3, -0.25) is 14.5 Å². The number of ketones is 1. The molecule has 2 unspecified atom stereocenters. The second kappa shape index (κ2) is 24.8. The first-order chi connectivity index (χ1) is 36.2. The molecule has 3 fully saturated rings. The van der Waals surface area contributed by atoms with E-state index in [9.17, 15) is 51.6 Å². The maximum Gasteiger partial charge on any atom is 0.416 e. The second-order valence-electron chi connectivity index (χ2n) is 22.9. The zero-order valence-electron chi connectivity index (χ0n) is 47.4. The van der Waals surface area contributed by atoms with Crippen molar-refractivity contribution in [2.24, 2.45) is 23.7 Å². The molecule has 0 aliphatic carbocycles. The first kappa shape index (κ1) is 63.6. The summed E-state index contributed by atoms with van der Waals surface area (Å²) in [7, 11) is 0.619. The number of ether oxygens (including phenoxy) is 7. The van der Waals surface area contributed by atoms with Crippen LogP contribution in [0.1, 0.15) is 119 Å². The Morgan fingerprint density at radius 2 is 1.51 bits per heavy atom. The number of cyclic esters (lactones) is 1. The lowest BCUT2D eigenvalue weighted by Crippen LogP contribution is -2.61. The number of carbonyl (C=O) groups is 2. The van der Waals surface area contributed by atoms with E-state index in [1.54, 1.807) is 48.5 Å². The summed E-state index contributed by atoms with van der Waals surface area (Å²) < 4.78 is 115. The topological polar surface area (TPSA) is 234 Å². The Bertz CT molecular complexity index is 2620. The van der Waals surface area contributed by atoms with Gasteiger partial charge in [0.2, 0.25) is 10.0 Å². The number of methoxy groups -OCH3 is 2. The standard InChI is InChI=1S/C56H84F3N3O15S/c1-15-43-55(11,68)48(65)33(5)45(63)30(2)25-54(10,72-14)50(34(6)47(35(7)51(67)75-43)76-44-26-53(9,71-13)49(66)36(8)74-44)77-52-46(64)42(24-32(4)73-52)61(12)28-37-29-62(41-19-17-16-18-40(37)41)31(3)27-60-78(69,70)39-22-20-38(21-23-39)56(57,58)59/h16-23,29-36,42-44,46-50,52,60,64-66,68H,15,24-28H2,1-14H3/t30-,31-,32-,33+,34+,35-,36+,42?,43-,44?,46-,47+,48-,49+,50-,52+,53-,54-,55-/m1/s1. The predicted molar refractivity (Wildman–Crippen MR) is 282 cm³/mol. The van der Waals surface area contributed by atoms with Gasteiger partial charge in [-0.05, 0) is 111 Å². The third kappa shape index (κ3) is 13.5. The average molecular weight is 1130 g/mol. The van der Waals surface area contributed by atoms with E-state index in [1.807, 2.05) is 60.8 Å². The number of Topliss-reactive ketones (excluding diaryl/α,β-unsaturated/α-hetero) is 1. The van der Waals surface area contributed by atoms with Gasteiger partial charge in [-0.15, -0.1) is 0 Å². The zero-order valence-corrected chi connectivity index (χ0v) is 48.2. The van der Waals surface area contributed by atoms with Crippen LogP contribution in [0.15, 0.2) is 59.6 Å². The third-order valence-electron chi connectivity index (χ3n) is 17.0. The first-order valence-corrected chi connectivity index (χ1v) is 28.4. The van der Waals surface area contributed by atoms with Crippen molar-refractivity contribution in [3.05, 3.63) is 65.9 Å². The van der Waals surface area contributed by atoms with E-state index >= 15 is 0 Å². The van der Waals surface area contributed by atoms with Gasteiger partial charge in [0, 0.05) is 80.7 Å². The molecular weight excluding hydrogens is 1040 g/mol. The molecule has 3 aromatic rings. The highest BCUT2D eigenvalue weighted by Crippen LogP contribution is 2.42. The lowest BCUT2D eigenvalue weighted by molar-refractivity contribution is -0.319. The van der Waals surface area contributed by atoms with E-state index in [0.717, 1.165) is 40.7 Å². The maximum atomic E-state index is 14.5. The number of nitrogens with one attached hydrogen (secondary N) is 1. The molecular formula is C56H84F3N3O15S. The number of likely N-dealkylation sites (N-methyl/N-ethyl adjacent to an activating group) is 1. The van der Waals surface area contributed by atoms with Crippen LogP contribution in [0.2, 0.25) is 0 Å². The van der Waals surface area contributed by atoms with Crippen LogP contribution in [0.4, 0.5) is 13.2 Å². The summed E-state index contributed by atoms with van der Waals surface area (Å²) in [6.07, 6.45) is -13.3. The van der Waals surface area contributed by atoms with E-state index < -0.39 is 147 Å². The number of aromatic nitrogens is 1. The Morgan fingerprint density at radius 3 is 2.12 bits per heavy atom. The number of fused-ring (bicyclic) bond motifs is 1. The molecule has 22 heteroatoms. The van der Waals surface area contributed by atoms with Crippen LogP contribution in [0, 0.1) is 23.7 Å². The number of para-hydroxylation sites is 1. The Morgan fingerprint density at radius 1 is 0.885 bits per heavy atom. The second-order valence-corrected chi connectivity index (χ2v) is 24.7. The summed E-state index contributed by atoms with van der Waals surface area (Å²) in [6.45, 7) is 18.7. The van der Waals surface area contributed by atoms with Crippen LogP contribution in [0.25, 0.3) is 10.9 Å². The molecule has 0 spiro atoms. The number of aliphatic hydroxyl groups excluding tert-OH is 3. The number of alkyl halides is 3. The van der Waals surface area contributed by atoms with Crippen LogP contribution < -0.4 is 4.72 Å². The fraction of sp³-hybridized carbons (Fsp3) is 0.714. The van der Waals surface area contributed by atoms with Crippen molar-refractivity contribution in [1.29, 1.82) is 0 Å². The normalized spacial score (nSPS) is 37.5. The minimum Gasteiger partial charge on any atom is -0.459 e. The quantitative estimate of drug-likeness (QED) is 0.102. The lowest BCUT2D eigenvalue weighted by atomic mass is 9.74. The van der Waals surface area contributed by atoms with Gasteiger partial charge in [-0.2, -0.15) is 13.2 Å². The van der Waals surface area contributed by atoms with Gasteiger partial charge in [-0.1, -0.05) is 45.9 Å². The van der Waals surface area contributed by atoms with Crippen molar-refractivity contribution in [3.8, 4) is 0 Å². The summed E-state index contributed by atoms with van der Waals surface area (Å²) in [4.78, 5) is 30.6. The Balaban J connectivity index is 1.32. The molecule has 19 atom stereocenters. The van der Waals surface area contributed by atoms with Crippen LogP contribution in [-0.2, 0) is 65.5 Å². The van der Waals surface area contributed by atoms with E-state index in [0.29, 0.717) is 13.0 Å². The molecule has 0 radical (unpaired) electrons. The summed E-state index contributed by atoms with van der Waals surface area (Å²) in [5.41, 5.74) is -3.89. The number of benzene rings is 2. The SMILES string of the molecule is CC[C@H]1OC(=O)[C@H](C)[C@@H](OC2C[C@@](C)(OC)[C@@H](O)[C@H](C)O2)[C@H](C)[C@@H](O[C@@H]2O[C@H](C)CC(N(C)Cc3cn([C@H](C)CNS(=O)(=O)c4ccc(C(F)(F)F)cc4)c4ccccc34)[C@H]2O)[C@](C)(OC)C[C@@H](C)C(=O)[C@H](C)[C@@H](O)[C@]1(C)O. The molecule has 6 rings (SSSR count). The van der Waals surface area contributed by atoms with Gasteiger partial charge >= 0.3 is 12.1 Å². The number of sulfonamides is 1. The van der Waals surface area contributed by atoms with E-state index in [4.69, 9.17) is 33.2 Å². The monoisotopic (exact) mass is 1130 g/mol. The Kier molecular flexibility index (Phi) is 20.2. The van der Waals surface area contributed by atoms with E-state index in [-0.39, 0.29) is 30.7 Å². The van der Waals surface area contributed by atoms with Crippen molar-refractivity contribution in [2.45, 2.75) is 210 Å². The number of esters is 1. The number of halogens is 3. The van der Waals surface area contributed by atoms with E-state index in [2.05, 4.69) is 4.72 Å². The highest BCUT2D eigenvalue weighted by atomic mass is 32.2. The summed E-state index contributed by atoms with van der Waals surface area (Å²) in [5.74, 6) is -5.07. The molecule has 0 saturated carbocycles.